The van der Waals surface area contributed by atoms with Gasteiger partial charge in [0, 0.05) is 24.7 Å². The van der Waals surface area contributed by atoms with Crippen LogP contribution in [0.3, 0.4) is 0 Å². The Bertz CT molecular complexity index is 1730. The molecule has 4 heterocycles. The molecule has 0 aliphatic carbocycles. The van der Waals surface area contributed by atoms with E-state index in [1.165, 1.54) is 40.1 Å². The highest BCUT2D eigenvalue weighted by atomic mass is 35.5. The van der Waals surface area contributed by atoms with Crippen molar-refractivity contribution in [1.82, 2.24) is 35.0 Å². The molecule has 16 heteroatoms. The van der Waals surface area contributed by atoms with Crippen LogP contribution in [-0.4, -0.2) is 86.5 Å². The van der Waals surface area contributed by atoms with Gasteiger partial charge in [-0.2, -0.15) is 5.26 Å². The second-order valence-electron chi connectivity index (χ2n) is 10.4. The number of urea groups is 1. The molecular formula is C27H25ClFN9O5. The smallest absolute Gasteiger partial charge is 0.326 e. The summed E-state index contributed by atoms with van der Waals surface area (Å²) in [5.74, 6) is -1.84. The van der Waals surface area contributed by atoms with Crippen LogP contribution in [-0.2, 0) is 22.7 Å². The minimum absolute atomic E-state index is 0.0169. The van der Waals surface area contributed by atoms with Crippen LogP contribution in [0, 0.1) is 11.5 Å². The predicted molar refractivity (Wildman–Crippen MR) is 151 cm³/mol. The molecule has 3 aromatic rings. The molecule has 2 saturated heterocycles. The fourth-order valence-electron chi connectivity index (χ4n) is 4.83. The number of nitrogens with one attached hydrogen (secondary N) is 2. The summed E-state index contributed by atoms with van der Waals surface area (Å²) in [6, 6.07) is 7.41. The van der Waals surface area contributed by atoms with Gasteiger partial charge in [0.15, 0.2) is 17.7 Å². The molecule has 1 aromatic carbocycles. The highest BCUT2D eigenvalue weighted by molar-refractivity contribution is 6.30. The first-order chi connectivity index (χ1) is 20.5. The van der Waals surface area contributed by atoms with Crippen molar-refractivity contribution in [3.8, 4) is 6.19 Å². The summed E-state index contributed by atoms with van der Waals surface area (Å²) < 4.78 is 15.0. The van der Waals surface area contributed by atoms with Crippen LogP contribution in [0.25, 0.3) is 11.2 Å². The highest BCUT2D eigenvalue weighted by Gasteiger charge is 2.41. The third kappa shape index (κ3) is 6.24. The Morgan fingerprint density at radius 1 is 1.14 bits per heavy atom. The van der Waals surface area contributed by atoms with Gasteiger partial charge in [-0.3, -0.25) is 34.0 Å². The number of anilines is 1. The molecule has 0 unspecified atom stereocenters. The normalized spacial score (nSPS) is 15.7. The lowest BCUT2D eigenvalue weighted by Gasteiger charge is -2.42. The number of carbonyl (C=O) groups is 4. The molecule has 0 radical (unpaired) electrons. The number of aromatic nitrogens is 3. The molecule has 2 aromatic heterocycles. The van der Waals surface area contributed by atoms with Crippen molar-refractivity contribution < 1.29 is 23.6 Å². The minimum Gasteiger partial charge on any atom is -0.348 e. The Kier molecular flexibility index (Phi) is 7.96. The number of fused-ring (bicyclic) bond motifs is 1. The van der Waals surface area contributed by atoms with Crippen LogP contribution in [0.4, 0.5) is 15.0 Å². The van der Waals surface area contributed by atoms with Crippen molar-refractivity contribution in [2.24, 2.45) is 0 Å². The van der Waals surface area contributed by atoms with Gasteiger partial charge in [-0.1, -0.05) is 23.7 Å². The summed E-state index contributed by atoms with van der Waals surface area (Å²) in [7, 11) is 0. The molecule has 0 bridgehead atoms. The Morgan fingerprint density at radius 2 is 1.86 bits per heavy atom. The second-order valence-corrected chi connectivity index (χ2v) is 10.8. The molecule has 2 aliphatic rings. The monoisotopic (exact) mass is 609 g/mol. The number of likely N-dealkylation sites (tertiary alicyclic amines) is 1. The zero-order valence-electron chi connectivity index (χ0n) is 22.8. The number of hydrogen-bond donors (Lipinski definition) is 2. The summed E-state index contributed by atoms with van der Waals surface area (Å²) in [6.45, 7) is 0.674. The SMILES string of the molecule is CC1(F)CN(C(=O)Cn2c(=O)c(C(=O)NCc3ccc(Cl)cc3)cc3nc(N4CCN(CC(=O)NC#N)C4=O)cnc32)C1. The molecule has 0 spiro atoms. The Morgan fingerprint density at radius 3 is 2.53 bits per heavy atom. The first kappa shape index (κ1) is 29.4. The van der Waals surface area contributed by atoms with Crippen molar-refractivity contribution in [3.63, 3.8) is 0 Å². The average molecular weight is 610 g/mol. The van der Waals surface area contributed by atoms with Gasteiger partial charge < -0.3 is 15.1 Å². The standard InChI is InChI=1S/C27H25ClFN9O5/c1-27(29)13-36(14-27)22(40)12-38-23-19(8-18(25(38)42)24(41)32-9-16-2-4-17(28)5-3-16)34-20(10-31-23)37-7-6-35(26(37)43)11-21(39)33-15-30/h2-5,8,10H,6-7,9,11-14H2,1H3,(H,32,41)(H,33,39). The number of benzene rings is 1. The summed E-state index contributed by atoms with van der Waals surface area (Å²) in [5.41, 5.74) is -1.88. The van der Waals surface area contributed by atoms with Gasteiger partial charge >= 0.3 is 6.03 Å². The zero-order valence-corrected chi connectivity index (χ0v) is 23.6. The number of rotatable bonds is 8. The molecule has 222 valence electrons. The number of alkyl halides is 1. The summed E-state index contributed by atoms with van der Waals surface area (Å²) in [5, 5.41) is 13.8. The summed E-state index contributed by atoms with van der Waals surface area (Å²) in [4.78, 5) is 76.8. The lowest BCUT2D eigenvalue weighted by atomic mass is 9.99. The molecule has 43 heavy (non-hydrogen) atoms. The maximum absolute atomic E-state index is 14.0. The van der Waals surface area contributed by atoms with Gasteiger partial charge in [0.2, 0.25) is 5.91 Å². The number of pyridine rings is 1. The molecule has 2 aliphatic heterocycles. The van der Waals surface area contributed by atoms with Crippen LogP contribution < -0.4 is 21.1 Å². The molecule has 5 amide bonds. The van der Waals surface area contributed by atoms with E-state index < -0.39 is 41.5 Å². The minimum atomic E-state index is -1.52. The van der Waals surface area contributed by atoms with Crippen molar-refractivity contribution in [2.75, 3.05) is 37.6 Å². The topological polar surface area (TPSA) is 174 Å². The lowest BCUT2D eigenvalue weighted by molar-refractivity contribution is -0.144. The molecule has 2 fully saturated rings. The van der Waals surface area contributed by atoms with Crippen molar-refractivity contribution in [1.29, 1.82) is 5.26 Å². The highest BCUT2D eigenvalue weighted by Crippen LogP contribution is 2.25. The van der Waals surface area contributed by atoms with E-state index >= 15 is 0 Å². The number of hydrogen-bond acceptors (Lipinski definition) is 8. The predicted octanol–water partition coefficient (Wildman–Crippen LogP) is 0.785. The molecule has 0 saturated carbocycles. The van der Waals surface area contributed by atoms with Gasteiger partial charge in [0.25, 0.3) is 17.4 Å². The van der Waals surface area contributed by atoms with Crippen LogP contribution >= 0.6 is 11.6 Å². The Balaban J connectivity index is 1.46. The Labute approximate surface area is 248 Å². The van der Waals surface area contributed by atoms with E-state index in [2.05, 4.69) is 15.3 Å². The summed E-state index contributed by atoms with van der Waals surface area (Å²) >= 11 is 5.92. The van der Waals surface area contributed by atoms with E-state index in [1.54, 1.807) is 24.3 Å². The van der Waals surface area contributed by atoms with Crippen LogP contribution in [0.2, 0.25) is 5.02 Å². The zero-order chi connectivity index (χ0) is 30.9. The summed E-state index contributed by atoms with van der Waals surface area (Å²) in [6.07, 6.45) is 2.75. The number of halogens is 2. The van der Waals surface area contributed by atoms with E-state index in [-0.39, 0.29) is 61.8 Å². The quantitative estimate of drug-likeness (QED) is 0.278. The number of amides is 5. The van der Waals surface area contributed by atoms with Crippen LogP contribution in [0.5, 0.6) is 0 Å². The van der Waals surface area contributed by atoms with Gasteiger partial charge in [0.05, 0.1) is 19.3 Å². The third-order valence-corrected chi connectivity index (χ3v) is 7.23. The van der Waals surface area contributed by atoms with E-state index in [4.69, 9.17) is 16.9 Å². The number of nitrogens with zero attached hydrogens (tertiary/aromatic N) is 7. The molecule has 14 nitrogen and oxygen atoms in total. The van der Waals surface area contributed by atoms with Gasteiger partial charge in [-0.25, -0.2) is 19.2 Å². The van der Waals surface area contributed by atoms with Gasteiger partial charge in [-0.05, 0) is 30.7 Å². The maximum Gasteiger partial charge on any atom is 0.326 e. The average Bonchev–Trinajstić information content (AvgIpc) is 3.31. The molecule has 5 rings (SSSR count). The molecule has 2 N–H and O–H groups in total. The second kappa shape index (κ2) is 11.6. The van der Waals surface area contributed by atoms with Gasteiger partial charge in [-0.15, -0.1) is 0 Å². The van der Waals surface area contributed by atoms with E-state index in [0.29, 0.717) is 5.02 Å². The third-order valence-electron chi connectivity index (χ3n) is 6.98. The lowest BCUT2D eigenvalue weighted by Crippen LogP contribution is -2.60. The van der Waals surface area contributed by atoms with Crippen molar-refractivity contribution in [2.45, 2.75) is 25.7 Å². The maximum atomic E-state index is 14.0. The molecular weight excluding hydrogens is 585 g/mol. The molecule has 0 atom stereocenters. The van der Waals surface area contributed by atoms with Crippen molar-refractivity contribution >= 4 is 52.3 Å². The first-order valence-corrected chi connectivity index (χ1v) is 13.5. The fourth-order valence-corrected chi connectivity index (χ4v) is 4.96. The first-order valence-electron chi connectivity index (χ1n) is 13.1. The van der Waals surface area contributed by atoms with Crippen molar-refractivity contribution in [3.05, 3.63) is 63.0 Å². The van der Waals surface area contributed by atoms with Crippen LogP contribution in [0.1, 0.15) is 22.8 Å². The number of nitriles is 1. The fraction of sp³-hybridized carbons (Fsp3) is 0.333. The van der Waals surface area contributed by atoms with E-state index in [9.17, 15) is 28.4 Å². The largest absolute Gasteiger partial charge is 0.348 e. The van der Waals surface area contributed by atoms with E-state index in [1.807, 2.05) is 5.32 Å². The Hall–Kier alpha value is -5.10. The van der Waals surface area contributed by atoms with E-state index in [0.717, 1.165) is 10.1 Å². The van der Waals surface area contributed by atoms with Gasteiger partial charge in [0.1, 0.15) is 29.8 Å². The number of carbonyl (C=O) groups excluding carboxylic acids is 4. The van der Waals surface area contributed by atoms with Crippen LogP contribution in [0.15, 0.2) is 41.3 Å².